The lowest BCUT2D eigenvalue weighted by atomic mass is 10.1. The fraction of sp³-hybridized carbons (Fsp3) is 0.0625. The van der Waals surface area contributed by atoms with Crippen molar-refractivity contribution in [3.8, 4) is 6.07 Å². The van der Waals surface area contributed by atoms with Crippen molar-refractivity contribution in [1.82, 2.24) is 20.1 Å². The molecule has 4 aromatic rings. The summed E-state index contributed by atoms with van der Waals surface area (Å²) < 4.78 is 4.83. The van der Waals surface area contributed by atoms with Crippen LogP contribution in [0.4, 0.5) is 5.88 Å². The first-order valence-electron chi connectivity index (χ1n) is 7.11. The van der Waals surface area contributed by atoms with Crippen molar-refractivity contribution in [3.63, 3.8) is 0 Å². The van der Waals surface area contributed by atoms with Crippen LogP contribution in [0.3, 0.4) is 0 Å². The summed E-state index contributed by atoms with van der Waals surface area (Å²) in [5.74, 6) is 0.501. The molecule has 2 N–H and O–H groups in total. The highest BCUT2D eigenvalue weighted by molar-refractivity contribution is 6.02. The summed E-state index contributed by atoms with van der Waals surface area (Å²) in [5.41, 5.74) is 2.66. The Morgan fingerprint density at radius 2 is 2.29 bits per heavy atom. The standard InChI is InChI=1S/C16H10N6O2/c17-7-9-1-2-11-10(5-9)16-12(8-18-11)20-13(21-16)6-14(23)22-15-3-4-19-24-15/h1-5,8H,6H2,(H,20,21)(H,22,23). The maximum Gasteiger partial charge on any atom is 0.234 e. The third kappa shape index (κ3) is 2.44. The summed E-state index contributed by atoms with van der Waals surface area (Å²) in [4.78, 5) is 23.9. The maximum atomic E-state index is 12.0. The number of H-pyrrole nitrogens is 1. The molecule has 3 heterocycles. The Hall–Kier alpha value is -3.73. The quantitative estimate of drug-likeness (QED) is 0.597. The summed E-state index contributed by atoms with van der Waals surface area (Å²) in [5, 5.41) is 15.9. The third-order valence-corrected chi connectivity index (χ3v) is 3.52. The number of hydrogen-bond donors (Lipinski definition) is 2. The van der Waals surface area contributed by atoms with Gasteiger partial charge in [-0.1, -0.05) is 5.16 Å². The second kappa shape index (κ2) is 5.48. The Morgan fingerprint density at radius 1 is 1.38 bits per heavy atom. The minimum absolute atomic E-state index is 0.0504. The van der Waals surface area contributed by atoms with Crippen molar-refractivity contribution in [1.29, 1.82) is 5.26 Å². The van der Waals surface area contributed by atoms with Gasteiger partial charge in [0.05, 0.1) is 47.0 Å². The molecule has 0 saturated heterocycles. The Bertz CT molecular complexity index is 1090. The first kappa shape index (κ1) is 13.9. The van der Waals surface area contributed by atoms with Crippen molar-refractivity contribution >= 4 is 33.7 Å². The number of anilines is 1. The zero-order valence-corrected chi connectivity index (χ0v) is 12.3. The molecule has 0 bridgehead atoms. The number of pyridine rings is 1. The number of benzene rings is 1. The van der Waals surface area contributed by atoms with Crippen LogP contribution in [0.1, 0.15) is 11.4 Å². The van der Waals surface area contributed by atoms with E-state index in [-0.39, 0.29) is 18.2 Å². The highest BCUT2D eigenvalue weighted by atomic mass is 16.5. The van der Waals surface area contributed by atoms with Crippen LogP contribution in [0.25, 0.3) is 21.9 Å². The second-order valence-electron chi connectivity index (χ2n) is 5.15. The van der Waals surface area contributed by atoms with Crippen molar-refractivity contribution in [2.75, 3.05) is 5.32 Å². The van der Waals surface area contributed by atoms with Crippen LogP contribution in [-0.2, 0) is 11.2 Å². The Kier molecular flexibility index (Phi) is 3.17. The number of imidazole rings is 1. The summed E-state index contributed by atoms with van der Waals surface area (Å²) >= 11 is 0. The summed E-state index contributed by atoms with van der Waals surface area (Å²) in [7, 11) is 0. The van der Waals surface area contributed by atoms with Crippen molar-refractivity contribution in [2.24, 2.45) is 0 Å². The van der Waals surface area contributed by atoms with E-state index in [0.29, 0.717) is 22.4 Å². The molecule has 0 aliphatic carbocycles. The van der Waals surface area contributed by atoms with Crippen molar-refractivity contribution < 1.29 is 9.32 Å². The number of aromatic nitrogens is 4. The SMILES string of the molecule is N#Cc1ccc2ncc3[nH]c(CC(=O)Nc4ccno4)nc3c2c1. The fourth-order valence-electron chi connectivity index (χ4n) is 2.48. The van der Waals surface area contributed by atoms with E-state index in [9.17, 15) is 4.79 Å². The molecule has 0 unspecified atom stereocenters. The molecule has 4 rings (SSSR count). The third-order valence-electron chi connectivity index (χ3n) is 3.52. The molecule has 0 radical (unpaired) electrons. The van der Waals surface area contributed by atoms with E-state index in [2.05, 4.69) is 31.5 Å². The number of carbonyl (C=O) groups excluding carboxylic acids is 1. The van der Waals surface area contributed by atoms with E-state index >= 15 is 0 Å². The molecule has 0 atom stereocenters. The molecule has 1 aromatic carbocycles. The lowest BCUT2D eigenvalue weighted by molar-refractivity contribution is -0.115. The predicted molar refractivity (Wildman–Crippen MR) is 84.9 cm³/mol. The van der Waals surface area contributed by atoms with E-state index in [0.717, 1.165) is 10.9 Å². The van der Waals surface area contributed by atoms with Gasteiger partial charge in [-0.2, -0.15) is 5.26 Å². The van der Waals surface area contributed by atoms with Gasteiger partial charge in [0.15, 0.2) is 0 Å². The van der Waals surface area contributed by atoms with E-state index in [4.69, 9.17) is 9.78 Å². The van der Waals surface area contributed by atoms with Gasteiger partial charge in [-0.25, -0.2) is 4.98 Å². The van der Waals surface area contributed by atoms with Gasteiger partial charge in [0, 0.05) is 11.5 Å². The number of fused-ring (bicyclic) bond motifs is 3. The number of nitrogens with zero attached hydrogens (tertiary/aromatic N) is 4. The van der Waals surface area contributed by atoms with Gasteiger partial charge >= 0.3 is 0 Å². The van der Waals surface area contributed by atoms with E-state index in [1.54, 1.807) is 30.5 Å². The molecule has 1 amide bonds. The van der Waals surface area contributed by atoms with Gasteiger partial charge in [-0.05, 0) is 18.2 Å². The van der Waals surface area contributed by atoms with Gasteiger partial charge in [0.2, 0.25) is 11.8 Å². The zero-order chi connectivity index (χ0) is 16.5. The number of aromatic amines is 1. The highest BCUT2D eigenvalue weighted by Crippen LogP contribution is 2.23. The summed E-state index contributed by atoms with van der Waals surface area (Å²) in [6.07, 6.45) is 3.16. The molecule has 3 aromatic heterocycles. The average molecular weight is 318 g/mol. The minimum Gasteiger partial charge on any atom is -0.340 e. The molecule has 116 valence electrons. The maximum absolute atomic E-state index is 12.0. The Morgan fingerprint density at radius 3 is 3.08 bits per heavy atom. The normalized spacial score (nSPS) is 10.8. The van der Waals surface area contributed by atoms with Gasteiger partial charge in [-0.15, -0.1) is 0 Å². The lowest BCUT2D eigenvalue weighted by Crippen LogP contribution is -2.14. The monoisotopic (exact) mass is 318 g/mol. The summed E-state index contributed by atoms with van der Waals surface area (Å²) in [6, 6.07) is 8.88. The number of rotatable bonds is 3. The number of nitrogens with one attached hydrogen (secondary N) is 2. The first-order valence-corrected chi connectivity index (χ1v) is 7.11. The fourth-order valence-corrected chi connectivity index (χ4v) is 2.48. The van der Waals surface area contributed by atoms with Crippen LogP contribution < -0.4 is 5.32 Å². The predicted octanol–water partition coefficient (Wildman–Crippen LogP) is 2.15. The van der Waals surface area contributed by atoms with Crippen LogP contribution in [0.5, 0.6) is 0 Å². The molecule has 0 aliphatic heterocycles. The number of carbonyl (C=O) groups is 1. The van der Waals surface area contributed by atoms with Gasteiger partial charge in [-0.3, -0.25) is 15.1 Å². The highest BCUT2D eigenvalue weighted by Gasteiger charge is 2.12. The number of nitriles is 1. The first-order chi connectivity index (χ1) is 11.7. The smallest absolute Gasteiger partial charge is 0.234 e. The second-order valence-corrected chi connectivity index (χ2v) is 5.15. The Labute approximate surface area is 135 Å². The van der Waals surface area contributed by atoms with Crippen LogP contribution >= 0.6 is 0 Å². The van der Waals surface area contributed by atoms with Crippen LogP contribution in [0.15, 0.2) is 41.2 Å². The van der Waals surface area contributed by atoms with Gasteiger partial charge in [0.25, 0.3) is 0 Å². The molecule has 0 saturated carbocycles. The average Bonchev–Trinajstić information content (AvgIpc) is 3.23. The molecular formula is C16H10N6O2. The van der Waals surface area contributed by atoms with Gasteiger partial charge in [0.1, 0.15) is 5.82 Å². The largest absolute Gasteiger partial charge is 0.340 e. The zero-order valence-electron chi connectivity index (χ0n) is 12.3. The molecule has 0 fully saturated rings. The summed E-state index contributed by atoms with van der Waals surface area (Å²) in [6.45, 7) is 0. The molecule has 8 heteroatoms. The van der Waals surface area contributed by atoms with Crippen LogP contribution in [0.2, 0.25) is 0 Å². The minimum atomic E-state index is -0.277. The molecule has 24 heavy (non-hydrogen) atoms. The number of amides is 1. The van der Waals surface area contributed by atoms with Crippen molar-refractivity contribution in [2.45, 2.75) is 6.42 Å². The van der Waals surface area contributed by atoms with Crippen molar-refractivity contribution in [3.05, 3.63) is 48.0 Å². The topological polar surface area (TPSA) is 120 Å². The number of hydrogen-bond acceptors (Lipinski definition) is 6. The van der Waals surface area contributed by atoms with E-state index < -0.39 is 0 Å². The van der Waals surface area contributed by atoms with E-state index in [1.807, 2.05) is 0 Å². The van der Waals surface area contributed by atoms with Crippen LogP contribution in [-0.4, -0.2) is 26.0 Å². The molecular weight excluding hydrogens is 308 g/mol. The molecule has 0 spiro atoms. The molecule has 8 nitrogen and oxygen atoms in total. The van der Waals surface area contributed by atoms with E-state index in [1.165, 1.54) is 6.20 Å². The van der Waals surface area contributed by atoms with Crippen LogP contribution in [0, 0.1) is 11.3 Å². The van der Waals surface area contributed by atoms with Gasteiger partial charge < -0.3 is 9.51 Å². The Balaban J connectivity index is 1.68. The molecule has 0 aliphatic rings. The lowest BCUT2D eigenvalue weighted by Gasteiger charge is -1.98.